The minimum Gasteiger partial charge on any atom is -0.326 e. The first-order valence-electron chi connectivity index (χ1n) is 7.08. The van der Waals surface area contributed by atoms with Crippen molar-refractivity contribution >= 4 is 21.8 Å². The van der Waals surface area contributed by atoms with Crippen molar-refractivity contribution in [1.29, 1.82) is 0 Å². The van der Waals surface area contributed by atoms with Crippen LogP contribution >= 0.6 is 11.8 Å². The van der Waals surface area contributed by atoms with Gasteiger partial charge in [0.15, 0.2) is 0 Å². The molecule has 0 amide bonds. The summed E-state index contributed by atoms with van der Waals surface area (Å²) in [6.45, 7) is 2.28. The van der Waals surface area contributed by atoms with Crippen LogP contribution in [0.4, 0.5) is 4.39 Å². The molecule has 0 aromatic heterocycles. The number of rotatable bonds is 6. The standard InChI is InChI=1S/C14H21FN2O2S2/c1-2-20-12-5-4-11(8-12)17-21(18,19)14-6-3-10(9-16)7-13(14)15/h3,6-7,11-12,17H,2,4-5,8-9,16H2,1H3. The van der Waals surface area contributed by atoms with Crippen LogP contribution in [0.3, 0.4) is 0 Å². The summed E-state index contributed by atoms with van der Waals surface area (Å²) in [5.74, 6) is 0.280. The molecular weight excluding hydrogens is 311 g/mol. The molecular formula is C14H21FN2O2S2. The molecule has 4 nitrogen and oxygen atoms in total. The maximum Gasteiger partial charge on any atom is 0.243 e. The Bertz CT molecular complexity index is 593. The maximum absolute atomic E-state index is 13.9. The molecule has 2 atom stereocenters. The summed E-state index contributed by atoms with van der Waals surface area (Å²) in [5.41, 5.74) is 6.00. The van der Waals surface area contributed by atoms with Gasteiger partial charge in [-0.1, -0.05) is 13.0 Å². The highest BCUT2D eigenvalue weighted by molar-refractivity contribution is 7.99. The van der Waals surface area contributed by atoms with Crippen molar-refractivity contribution in [2.24, 2.45) is 5.73 Å². The van der Waals surface area contributed by atoms with Crippen LogP contribution in [0.15, 0.2) is 23.1 Å². The van der Waals surface area contributed by atoms with E-state index in [0.29, 0.717) is 10.8 Å². The lowest BCUT2D eigenvalue weighted by Gasteiger charge is -2.14. The zero-order valence-electron chi connectivity index (χ0n) is 12.0. The van der Waals surface area contributed by atoms with Gasteiger partial charge in [-0.25, -0.2) is 17.5 Å². The smallest absolute Gasteiger partial charge is 0.243 e. The van der Waals surface area contributed by atoms with Crippen molar-refractivity contribution in [3.8, 4) is 0 Å². The molecule has 1 saturated carbocycles. The van der Waals surface area contributed by atoms with E-state index in [1.165, 1.54) is 12.1 Å². The summed E-state index contributed by atoms with van der Waals surface area (Å²) in [4.78, 5) is -0.300. The van der Waals surface area contributed by atoms with Gasteiger partial charge in [0.1, 0.15) is 10.7 Å². The van der Waals surface area contributed by atoms with E-state index in [1.807, 2.05) is 11.8 Å². The second kappa shape index (κ2) is 7.09. The first kappa shape index (κ1) is 16.7. The molecule has 3 N–H and O–H groups in total. The van der Waals surface area contributed by atoms with Crippen LogP contribution in [0.5, 0.6) is 0 Å². The zero-order chi connectivity index (χ0) is 15.5. The Balaban J connectivity index is 2.09. The molecule has 1 aromatic carbocycles. The second-order valence-electron chi connectivity index (χ2n) is 5.18. The van der Waals surface area contributed by atoms with Crippen LogP contribution in [-0.4, -0.2) is 25.5 Å². The Kier molecular flexibility index (Phi) is 5.65. The average Bonchev–Trinajstić information content (AvgIpc) is 2.85. The topological polar surface area (TPSA) is 72.2 Å². The van der Waals surface area contributed by atoms with E-state index in [1.54, 1.807) is 6.07 Å². The Morgan fingerprint density at radius 3 is 2.81 bits per heavy atom. The molecule has 2 rings (SSSR count). The third-order valence-electron chi connectivity index (χ3n) is 3.63. The molecule has 2 unspecified atom stereocenters. The molecule has 7 heteroatoms. The summed E-state index contributed by atoms with van der Waals surface area (Å²) >= 11 is 1.85. The maximum atomic E-state index is 13.9. The third kappa shape index (κ3) is 4.18. The predicted molar refractivity (Wildman–Crippen MR) is 84.2 cm³/mol. The quantitative estimate of drug-likeness (QED) is 0.838. The van der Waals surface area contributed by atoms with Crippen molar-refractivity contribution in [3.05, 3.63) is 29.6 Å². The number of nitrogens with two attached hydrogens (primary N) is 1. The Morgan fingerprint density at radius 1 is 1.43 bits per heavy atom. The molecule has 0 bridgehead atoms. The van der Waals surface area contributed by atoms with E-state index < -0.39 is 15.8 Å². The van der Waals surface area contributed by atoms with Crippen LogP contribution in [0.1, 0.15) is 31.7 Å². The number of nitrogens with one attached hydrogen (secondary N) is 1. The fourth-order valence-electron chi connectivity index (χ4n) is 2.61. The van der Waals surface area contributed by atoms with Gasteiger partial charge in [0.2, 0.25) is 10.0 Å². The van der Waals surface area contributed by atoms with Gasteiger partial charge in [0.25, 0.3) is 0 Å². The largest absolute Gasteiger partial charge is 0.326 e. The van der Waals surface area contributed by atoms with E-state index in [0.717, 1.165) is 25.0 Å². The van der Waals surface area contributed by atoms with Gasteiger partial charge >= 0.3 is 0 Å². The predicted octanol–water partition coefficient (Wildman–Crippen LogP) is 2.24. The summed E-state index contributed by atoms with van der Waals surface area (Å²) in [7, 11) is -3.81. The Labute approximate surface area is 129 Å². The van der Waals surface area contributed by atoms with Gasteiger partial charge in [0, 0.05) is 17.8 Å². The minimum atomic E-state index is -3.81. The van der Waals surface area contributed by atoms with E-state index in [9.17, 15) is 12.8 Å². The van der Waals surface area contributed by atoms with Gasteiger partial charge in [-0.05, 0) is 42.7 Å². The van der Waals surface area contributed by atoms with Crippen molar-refractivity contribution < 1.29 is 12.8 Å². The van der Waals surface area contributed by atoms with Crippen LogP contribution < -0.4 is 10.5 Å². The Hall–Kier alpha value is -0.630. The normalized spacial score (nSPS) is 22.6. The fourth-order valence-corrected chi connectivity index (χ4v) is 5.09. The fraction of sp³-hybridized carbons (Fsp3) is 0.571. The number of halogens is 1. The van der Waals surface area contributed by atoms with Gasteiger partial charge in [-0.3, -0.25) is 0 Å². The highest BCUT2D eigenvalue weighted by Gasteiger charge is 2.29. The summed E-state index contributed by atoms with van der Waals surface area (Å²) in [6.07, 6.45) is 2.61. The summed E-state index contributed by atoms with van der Waals surface area (Å²) < 4.78 is 41.1. The third-order valence-corrected chi connectivity index (χ3v) is 6.42. The lowest BCUT2D eigenvalue weighted by Crippen LogP contribution is -2.33. The number of benzene rings is 1. The Morgan fingerprint density at radius 2 is 2.19 bits per heavy atom. The molecule has 0 saturated heterocycles. The number of hydrogen-bond donors (Lipinski definition) is 2. The van der Waals surface area contributed by atoms with Crippen molar-refractivity contribution in [2.75, 3.05) is 5.75 Å². The highest BCUT2D eigenvalue weighted by atomic mass is 32.2. The SMILES string of the molecule is CCSC1CCC(NS(=O)(=O)c2ccc(CN)cc2F)C1. The molecule has 1 aromatic rings. The van der Waals surface area contributed by atoms with Crippen LogP contribution in [0, 0.1) is 5.82 Å². The zero-order valence-corrected chi connectivity index (χ0v) is 13.6. The van der Waals surface area contributed by atoms with Gasteiger partial charge in [0.05, 0.1) is 0 Å². The molecule has 21 heavy (non-hydrogen) atoms. The van der Waals surface area contributed by atoms with Crippen LogP contribution in [0.25, 0.3) is 0 Å². The number of hydrogen-bond acceptors (Lipinski definition) is 4. The summed E-state index contributed by atoms with van der Waals surface area (Å²) in [6, 6.07) is 3.90. The molecule has 1 aliphatic carbocycles. The average molecular weight is 332 g/mol. The van der Waals surface area contributed by atoms with Gasteiger partial charge in [-0.2, -0.15) is 11.8 Å². The van der Waals surface area contributed by atoms with Crippen LogP contribution in [-0.2, 0) is 16.6 Å². The molecule has 0 heterocycles. The highest BCUT2D eigenvalue weighted by Crippen LogP contribution is 2.30. The van der Waals surface area contributed by atoms with E-state index in [-0.39, 0.29) is 17.5 Å². The van der Waals surface area contributed by atoms with Gasteiger partial charge < -0.3 is 5.73 Å². The first-order chi connectivity index (χ1) is 9.96. The number of sulfonamides is 1. The lowest BCUT2D eigenvalue weighted by molar-refractivity contribution is 0.536. The molecule has 118 valence electrons. The molecule has 0 radical (unpaired) electrons. The second-order valence-corrected chi connectivity index (χ2v) is 8.44. The van der Waals surface area contributed by atoms with Gasteiger partial charge in [-0.15, -0.1) is 0 Å². The monoisotopic (exact) mass is 332 g/mol. The first-order valence-corrected chi connectivity index (χ1v) is 9.62. The minimum absolute atomic E-state index is 0.104. The van der Waals surface area contributed by atoms with Crippen LogP contribution in [0.2, 0.25) is 0 Å². The molecule has 0 spiro atoms. The molecule has 1 aliphatic rings. The van der Waals surface area contributed by atoms with Crippen molar-refractivity contribution in [2.45, 2.75) is 48.9 Å². The molecule has 1 fully saturated rings. The van der Waals surface area contributed by atoms with E-state index in [2.05, 4.69) is 11.6 Å². The number of thioether (sulfide) groups is 1. The lowest BCUT2D eigenvalue weighted by atomic mass is 10.2. The van der Waals surface area contributed by atoms with E-state index in [4.69, 9.17) is 5.73 Å². The van der Waals surface area contributed by atoms with E-state index >= 15 is 0 Å². The molecule has 0 aliphatic heterocycles. The van der Waals surface area contributed by atoms with Crippen molar-refractivity contribution in [3.63, 3.8) is 0 Å². The summed E-state index contributed by atoms with van der Waals surface area (Å²) in [5, 5.41) is 0.493. The van der Waals surface area contributed by atoms with Crippen molar-refractivity contribution in [1.82, 2.24) is 4.72 Å².